The summed E-state index contributed by atoms with van der Waals surface area (Å²) in [5, 5.41) is 6.90. The number of rotatable bonds is 5. The minimum Gasteiger partial charge on any atom is -0.363 e. The molecule has 1 unspecified atom stereocenters. The van der Waals surface area contributed by atoms with E-state index in [1.165, 1.54) is 0 Å². The van der Waals surface area contributed by atoms with E-state index in [4.69, 9.17) is 0 Å². The van der Waals surface area contributed by atoms with Gasteiger partial charge in [0.05, 0.1) is 6.54 Å². The summed E-state index contributed by atoms with van der Waals surface area (Å²) in [7, 11) is 3.84. The second-order valence-corrected chi connectivity index (χ2v) is 5.06. The zero-order valence-corrected chi connectivity index (χ0v) is 12.7. The molecular weight excluding hydrogens is 268 g/mol. The molecule has 2 heterocycles. The molecule has 0 bridgehead atoms. The quantitative estimate of drug-likeness (QED) is 0.885. The molecule has 0 aliphatic rings. The van der Waals surface area contributed by atoms with E-state index >= 15 is 0 Å². The van der Waals surface area contributed by atoms with Crippen LogP contribution < -0.4 is 10.2 Å². The molecule has 7 nitrogen and oxygen atoms in total. The molecule has 0 aliphatic heterocycles. The maximum atomic E-state index is 12.1. The first-order chi connectivity index (χ1) is 9.97. The first kappa shape index (κ1) is 15.0. The van der Waals surface area contributed by atoms with E-state index in [0.29, 0.717) is 12.4 Å². The van der Waals surface area contributed by atoms with E-state index in [9.17, 15) is 4.79 Å². The van der Waals surface area contributed by atoms with Gasteiger partial charge in [0.1, 0.15) is 17.7 Å². The predicted octanol–water partition coefficient (Wildman–Crippen LogP) is 0.925. The van der Waals surface area contributed by atoms with Crippen LogP contribution >= 0.6 is 0 Å². The number of hydrogen-bond acceptors (Lipinski definition) is 5. The van der Waals surface area contributed by atoms with Gasteiger partial charge in [-0.25, -0.2) is 9.97 Å². The zero-order chi connectivity index (χ0) is 15.4. The molecular formula is C14H20N6O. The summed E-state index contributed by atoms with van der Waals surface area (Å²) in [5.74, 6) is 1.31. The van der Waals surface area contributed by atoms with Gasteiger partial charge in [-0.2, -0.15) is 5.10 Å². The van der Waals surface area contributed by atoms with Crippen LogP contribution in [0.4, 0.5) is 5.82 Å². The Labute approximate surface area is 124 Å². The Bertz CT molecular complexity index is 608. The number of nitrogens with one attached hydrogen (secondary N) is 1. The summed E-state index contributed by atoms with van der Waals surface area (Å²) in [6.45, 7) is 4.00. The smallest absolute Gasteiger partial charge is 0.244 e. The number of aryl methyl sites for hydroxylation is 1. The van der Waals surface area contributed by atoms with Crippen LogP contribution in [0.2, 0.25) is 0 Å². The van der Waals surface area contributed by atoms with Crippen molar-refractivity contribution in [1.82, 2.24) is 25.1 Å². The van der Waals surface area contributed by atoms with Crippen molar-refractivity contribution >= 4 is 11.7 Å². The summed E-state index contributed by atoms with van der Waals surface area (Å²) in [4.78, 5) is 22.7. The zero-order valence-electron chi connectivity index (χ0n) is 12.7. The van der Waals surface area contributed by atoms with Crippen LogP contribution in [0.5, 0.6) is 0 Å². The van der Waals surface area contributed by atoms with E-state index in [2.05, 4.69) is 20.4 Å². The van der Waals surface area contributed by atoms with Gasteiger partial charge in [-0.15, -0.1) is 0 Å². The Balaban J connectivity index is 2.01. The summed E-state index contributed by atoms with van der Waals surface area (Å²) in [6, 6.07) is 3.33. The van der Waals surface area contributed by atoms with E-state index in [1.807, 2.05) is 32.0 Å². The molecule has 2 rings (SSSR count). The highest BCUT2D eigenvalue weighted by atomic mass is 16.2. The fourth-order valence-electron chi connectivity index (χ4n) is 1.86. The number of amides is 1. The third kappa shape index (κ3) is 3.77. The number of carbonyl (C=O) groups excluding carboxylic acids is 1. The maximum Gasteiger partial charge on any atom is 0.244 e. The highest BCUT2D eigenvalue weighted by Gasteiger charge is 2.15. The van der Waals surface area contributed by atoms with Crippen LogP contribution in [-0.4, -0.2) is 39.8 Å². The van der Waals surface area contributed by atoms with Crippen molar-refractivity contribution in [3.8, 4) is 0 Å². The van der Waals surface area contributed by atoms with E-state index < -0.39 is 0 Å². The van der Waals surface area contributed by atoms with Crippen LogP contribution in [0.1, 0.15) is 24.5 Å². The van der Waals surface area contributed by atoms with Crippen molar-refractivity contribution in [3.05, 3.63) is 36.0 Å². The lowest BCUT2D eigenvalue weighted by Crippen LogP contribution is -2.31. The van der Waals surface area contributed by atoms with Crippen LogP contribution in [0.3, 0.4) is 0 Å². The van der Waals surface area contributed by atoms with Crippen LogP contribution in [0.15, 0.2) is 24.5 Å². The lowest BCUT2D eigenvalue weighted by Gasteiger charge is -2.15. The van der Waals surface area contributed by atoms with Crippen LogP contribution in [0.25, 0.3) is 0 Å². The Kier molecular flexibility index (Phi) is 4.52. The van der Waals surface area contributed by atoms with Crippen molar-refractivity contribution in [2.75, 3.05) is 19.0 Å². The summed E-state index contributed by atoms with van der Waals surface area (Å²) in [6.07, 6.45) is 3.41. The second-order valence-electron chi connectivity index (χ2n) is 5.06. The van der Waals surface area contributed by atoms with Crippen LogP contribution in [0, 0.1) is 6.92 Å². The third-order valence-electron chi connectivity index (χ3n) is 3.07. The first-order valence-corrected chi connectivity index (χ1v) is 6.76. The van der Waals surface area contributed by atoms with Crippen molar-refractivity contribution in [2.24, 2.45) is 0 Å². The van der Waals surface area contributed by atoms with Crippen molar-refractivity contribution in [2.45, 2.75) is 26.4 Å². The molecule has 112 valence electrons. The molecule has 0 saturated heterocycles. The molecule has 1 atom stereocenters. The molecule has 1 amide bonds. The average Bonchev–Trinajstić information content (AvgIpc) is 2.97. The highest BCUT2D eigenvalue weighted by Crippen LogP contribution is 2.09. The van der Waals surface area contributed by atoms with E-state index in [1.54, 1.807) is 30.1 Å². The monoisotopic (exact) mass is 288 g/mol. The summed E-state index contributed by atoms with van der Waals surface area (Å²) >= 11 is 0. The number of carbonyl (C=O) groups is 1. The normalized spacial score (nSPS) is 12.0. The number of nitrogens with zero attached hydrogens (tertiary/aromatic N) is 5. The van der Waals surface area contributed by atoms with E-state index in [-0.39, 0.29) is 11.9 Å². The predicted molar refractivity (Wildman–Crippen MR) is 79.9 cm³/mol. The minimum absolute atomic E-state index is 0.116. The van der Waals surface area contributed by atoms with Crippen molar-refractivity contribution in [3.63, 3.8) is 0 Å². The molecule has 2 aromatic rings. The van der Waals surface area contributed by atoms with Gasteiger partial charge in [0.25, 0.3) is 0 Å². The highest BCUT2D eigenvalue weighted by molar-refractivity contribution is 5.79. The molecule has 0 saturated carbocycles. The number of aromatic nitrogens is 4. The van der Waals surface area contributed by atoms with Crippen molar-refractivity contribution in [1.29, 1.82) is 0 Å². The van der Waals surface area contributed by atoms with Gasteiger partial charge in [0.15, 0.2) is 0 Å². The Morgan fingerprint density at radius 2 is 2.19 bits per heavy atom. The summed E-state index contributed by atoms with van der Waals surface area (Å²) in [5.41, 5.74) is 0.873. The molecule has 0 radical (unpaired) electrons. The Morgan fingerprint density at radius 1 is 1.43 bits per heavy atom. The van der Waals surface area contributed by atoms with Gasteiger partial charge in [0, 0.05) is 38.2 Å². The fourth-order valence-corrected chi connectivity index (χ4v) is 1.86. The molecule has 21 heavy (non-hydrogen) atoms. The second kappa shape index (κ2) is 6.34. The summed E-state index contributed by atoms with van der Waals surface area (Å²) < 4.78 is 1.61. The van der Waals surface area contributed by atoms with Gasteiger partial charge >= 0.3 is 0 Å². The lowest BCUT2D eigenvalue weighted by molar-refractivity contribution is -0.124. The first-order valence-electron chi connectivity index (χ1n) is 6.76. The molecule has 2 aromatic heterocycles. The number of hydrogen-bond donors (Lipinski definition) is 1. The Hall–Kier alpha value is -2.44. The molecule has 7 heteroatoms. The Morgan fingerprint density at radius 3 is 2.81 bits per heavy atom. The average molecular weight is 288 g/mol. The van der Waals surface area contributed by atoms with Gasteiger partial charge in [-0.1, -0.05) is 0 Å². The van der Waals surface area contributed by atoms with Gasteiger partial charge in [-0.05, 0) is 19.9 Å². The SMILES string of the molecule is Cc1cc(N(C)C)nc(CNC(=O)C(C)n2cccn2)n1. The molecule has 1 N–H and O–H groups in total. The van der Waals surface area contributed by atoms with Gasteiger partial charge in [-0.3, -0.25) is 9.48 Å². The van der Waals surface area contributed by atoms with Crippen molar-refractivity contribution < 1.29 is 4.79 Å². The third-order valence-corrected chi connectivity index (χ3v) is 3.07. The number of anilines is 1. The molecule has 0 spiro atoms. The van der Waals surface area contributed by atoms with Crippen LogP contribution in [-0.2, 0) is 11.3 Å². The largest absolute Gasteiger partial charge is 0.363 e. The topological polar surface area (TPSA) is 75.9 Å². The van der Waals surface area contributed by atoms with E-state index in [0.717, 1.165) is 11.5 Å². The maximum absolute atomic E-state index is 12.1. The fraction of sp³-hybridized carbons (Fsp3) is 0.429. The molecule has 0 aromatic carbocycles. The lowest BCUT2D eigenvalue weighted by atomic mass is 10.3. The minimum atomic E-state index is -0.363. The standard InChI is InChI=1S/C14H20N6O/c1-10-8-13(19(3)4)18-12(17-10)9-15-14(21)11(2)20-7-5-6-16-20/h5-8,11H,9H2,1-4H3,(H,15,21). The molecule has 0 aliphatic carbocycles. The van der Waals surface area contributed by atoms with Gasteiger partial charge in [0.2, 0.25) is 5.91 Å². The van der Waals surface area contributed by atoms with Gasteiger partial charge < -0.3 is 10.2 Å². The molecule has 0 fully saturated rings.